The Morgan fingerprint density at radius 3 is 2.73 bits per heavy atom. The quantitative estimate of drug-likeness (QED) is 0.750. The van der Waals surface area contributed by atoms with Crippen molar-refractivity contribution in [2.24, 2.45) is 0 Å². The van der Waals surface area contributed by atoms with Gasteiger partial charge < -0.3 is 15.0 Å². The van der Waals surface area contributed by atoms with Gasteiger partial charge in [-0.25, -0.2) is 4.98 Å². The summed E-state index contributed by atoms with van der Waals surface area (Å²) in [4.78, 5) is 15.0. The number of aromatic nitrogens is 2. The molecule has 1 heterocycles. The summed E-state index contributed by atoms with van der Waals surface area (Å²) in [6.07, 6.45) is 3.46. The van der Waals surface area contributed by atoms with E-state index in [1.807, 2.05) is 25.3 Å². The van der Waals surface area contributed by atoms with E-state index in [2.05, 4.69) is 10.3 Å². The summed E-state index contributed by atoms with van der Waals surface area (Å²) in [5, 5.41) is 12.0. The minimum atomic E-state index is -0.836. The van der Waals surface area contributed by atoms with E-state index in [0.717, 1.165) is 5.82 Å². The number of imidazole rings is 1. The second-order valence-electron chi connectivity index (χ2n) is 3.84. The highest BCUT2D eigenvalue weighted by molar-refractivity contribution is 5.73. The Bertz CT molecular complexity index is 333. The molecule has 0 amide bonds. The number of carboxylic acids is 1. The Morgan fingerprint density at radius 1 is 1.67 bits per heavy atom. The number of carboxylic acid groups (broad SMARTS) is 1. The molecule has 84 valence electrons. The molecule has 0 bridgehead atoms. The lowest BCUT2D eigenvalue weighted by Gasteiger charge is -2.18. The molecule has 5 nitrogen and oxygen atoms in total. The van der Waals surface area contributed by atoms with Crippen molar-refractivity contribution in [1.29, 1.82) is 0 Å². The molecule has 1 rings (SSSR count). The molecule has 1 aromatic heterocycles. The van der Waals surface area contributed by atoms with E-state index >= 15 is 0 Å². The summed E-state index contributed by atoms with van der Waals surface area (Å²) in [7, 11) is 0. The molecule has 0 spiro atoms. The van der Waals surface area contributed by atoms with E-state index in [1.165, 1.54) is 0 Å². The molecule has 2 N–H and O–H groups in total. The lowest BCUT2D eigenvalue weighted by molar-refractivity contribution is -0.140. The van der Waals surface area contributed by atoms with Crippen LogP contribution in [0.5, 0.6) is 0 Å². The zero-order valence-corrected chi connectivity index (χ0v) is 9.27. The van der Waals surface area contributed by atoms with Crippen LogP contribution >= 0.6 is 0 Å². The molecular formula is C10H17N3O2. The third-order valence-corrected chi connectivity index (χ3v) is 2.14. The number of aliphatic carboxylic acids is 1. The van der Waals surface area contributed by atoms with Gasteiger partial charge in [0.15, 0.2) is 0 Å². The highest BCUT2D eigenvalue weighted by Gasteiger charge is 2.18. The SMILES string of the molecule is Cc1nccn1CC(NC(C)C)C(=O)O. The van der Waals surface area contributed by atoms with Crippen LogP contribution in [-0.4, -0.2) is 32.7 Å². The lowest BCUT2D eigenvalue weighted by atomic mass is 10.2. The number of nitrogens with zero attached hydrogens (tertiary/aromatic N) is 2. The molecular weight excluding hydrogens is 194 g/mol. The van der Waals surface area contributed by atoms with Crippen molar-refractivity contribution in [3.8, 4) is 0 Å². The van der Waals surface area contributed by atoms with Crippen LogP contribution in [0.3, 0.4) is 0 Å². The van der Waals surface area contributed by atoms with E-state index in [4.69, 9.17) is 5.11 Å². The fourth-order valence-corrected chi connectivity index (χ4v) is 1.40. The van der Waals surface area contributed by atoms with Crippen LogP contribution in [0, 0.1) is 6.92 Å². The maximum atomic E-state index is 11.0. The van der Waals surface area contributed by atoms with Crippen molar-refractivity contribution < 1.29 is 9.90 Å². The summed E-state index contributed by atoms with van der Waals surface area (Å²) in [6, 6.07) is -0.423. The molecule has 5 heteroatoms. The van der Waals surface area contributed by atoms with Gasteiger partial charge in [0, 0.05) is 25.0 Å². The Balaban J connectivity index is 2.67. The summed E-state index contributed by atoms with van der Waals surface area (Å²) in [5.74, 6) is -0.0105. The molecule has 0 radical (unpaired) electrons. The second kappa shape index (κ2) is 4.93. The largest absolute Gasteiger partial charge is 0.480 e. The average Bonchev–Trinajstić information content (AvgIpc) is 2.50. The van der Waals surface area contributed by atoms with E-state index < -0.39 is 12.0 Å². The van der Waals surface area contributed by atoms with Crippen molar-refractivity contribution in [2.45, 2.75) is 39.4 Å². The predicted molar refractivity (Wildman–Crippen MR) is 56.7 cm³/mol. The topological polar surface area (TPSA) is 67.2 Å². The van der Waals surface area contributed by atoms with Crippen molar-refractivity contribution in [3.63, 3.8) is 0 Å². The summed E-state index contributed by atoms with van der Waals surface area (Å²) < 4.78 is 1.83. The van der Waals surface area contributed by atoms with Gasteiger partial charge in [-0.05, 0) is 6.92 Å². The molecule has 15 heavy (non-hydrogen) atoms. The first-order chi connectivity index (χ1) is 7.00. The first-order valence-corrected chi connectivity index (χ1v) is 4.97. The van der Waals surface area contributed by atoms with Crippen molar-refractivity contribution in [3.05, 3.63) is 18.2 Å². The van der Waals surface area contributed by atoms with Crippen molar-refractivity contribution in [1.82, 2.24) is 14.9 Å². The first-order valence-electron chi connectivity index (χ1n) is 4.97. The van der Waals surface area contributed by atoms with Crippen molar-refractivity contribution >= 4 is 5.97 Å². The minimum absolute atomic E-state index is 0.148. The Kier molecular flexibility index (Phi) is 3.85. The van der Waals surface area contributed by atoms with Gasteiger partial charge in [-0.2, -0.15) is 0 Å². The molecule has 0 fully saturated rings. The van der Waals surface area contributed by atoms with E-state index in [1.54, 1.807) is 12.4 Å². The van der Waals surface area contributed by atoms with Gasteiger partial charge in [0.25, 0.3) is 0 Å². The second-order valence-corrected chi connectivity index (χ2v) is 3.84. The number of carbonyl (C=O) groups is 1. The molecule has 0 saturated carbocycles. The molecule has 0 aliphatic heterocycles. The van der Waals surface area contributed by atoms with Gasteiger partial charge >= 0.3 is 5.97 Å². The monoisotopic (exact) mass is 211 g/mol. The third kappa shape index (κ3) is 3.36. The Morgan fingerprint density at radius 2 is 2.33 bits per heavy atom. The van der Waals surface area contributed by atoms with Crippen LogP contribution in [0.4, 0.5) is 0 Å². The number of hydrogen-bond donors (Lipinski definition) is 2. The number of rotatable bonds is 5. The number of aryl methyl sites for hydroxylation is 1. The molecule has 0 aliphatic rings. The van der Waals surface area contributed by atoms with Gasteiger partial charge in [0.2, 0.25) is 0 Å². The van der Waals surface area contributed by atoms with Gasteiger partial charge in [0.05, 0.1) is 0 Å². The molecule has 0 saturated heterocycles. The van der Waals surface area contributed by atoms with Crippen LogP contribution < -0.4 is 5.32 Å². The van der Waals surface area contributed by atoms with Gasteiger partial charge in [-0.3, -0.25) is 4.79 Å². The predicted octanol–water partition coefficient (Wildman–Crippen LogP) is 0.643. The molecule has 1 aromatic rings. The lowest BCUT2D eigenvalue weighted by Crippen LogP contribution is -2.43. The summed E-state index contributed by atoms with van der Waals surface area (Å²) in [6.45, 7) is 6.11. The Labute approximate surface area is 89.1 Å². The van der Waals surface area contributed by atoms with E-state index in [0.29, 0.717) is 6.54 Å². The van der Waals surface area contributed by atoms with Crippen LogP contribution in [0.1, 0.15) is 19.7 Å². The zero-order chi connectivity index (χ0) is 11.4. The molecule has 1 atom stereocenters. The fourth-order valence-electron chi connectivity index (χ4n) is 1.40. The van der Waals surface area contributed by atoms with Crippen LogP contribution in [-0.2, 0) is 11.3 Å². The van der Waals surface area contributed by atoms with Crippen LogP contribution in [0.25, 0.3) is 0 Å². The molecule has 0 aliphatic carbocycles. The molecule has 1 unspecified atom stereocenters. The Hall–Kier alpha value is -1.36. The standard InChI is InChI=1S/C10H17N3O2/c1-7(2)12-9(10(14)15)6-13-5-4-11-8(13)3/h4-5,7,9,12H,6H2,1-3H3,(H,14,15). The van der Waals surface area contributed by atoms with Gasteiger partial charge in [-0.1, -0.05) is 13.8 Å². The highest BCUT2D eigenvalue weighted by Crippen LogP contribution is 1.99. The summed E-state index contributed by atoms with van der Waals surface area (Å²) in [5.41, 5.74) is 0. The van der Waals surface area contributed by atoms with E-state index in [9.17, 15) is 4.79 Å². The van der Waals surface area contributed by atoms with Gasteiger partial charge in [0.1, 0.15) is 11.9 Å². The number of hydrogen-bond acceptors (Lipinski definition) is 3. The highest BCUT2D eigenvalue weighted by atomic mass is 16.4. The number of nitrogens with one attached hydrogen (secondary N) is 1. The minimum Gasteiger partial charge on any atom is -0.480 e. The maximum absolute atomic E-state index is 11.0. The van der Waals surface area contributed by atoms with E-state index in [-0.39, 0.29) is 6.04 Å². The molecule has 0 aromatic carbocycles. The average molecular weight is 211 g/mol. The third-order valence-electron chi connectivity index (χ3n) is 2.14. The normalized spacial score (nSPS) is 13.1. The smallest absolute Gasteiger partial charge is 0.322 e. The fraction of sp³-hybridized carbons (Fsp3) is 0.600. The first kappa shape index (κ1) is 11.7. The van der Waals surface area contributed by atoms with Crippen molar-refractivity contribution in [2.75, 3.05) is 0 Å². The zero-order valence-electron chi connectivity index (χ0n) is 9.27. The maximum Gasteiger partial charge on any atom is 0.322 e. The van der Waals surface area contributed by atoms with Crippen LogP contribution in [0.2, 0.25) is 0 Å². The van der Waals surface area contributed by atoms with Crippen LogP contribution in [0.15, 0.2) is 12.4 Å². The summed E-state index contributed by atoms with van der Waals surface area (Å²) >= 11 is 0. The van der Waals surface area contributed by atoms with Gasteiger partial charge in [-0.15, -0.1) is 0 Å².